The van der Waals surface area contributed by atoms with Crippen LogP contribution in [-0.2, 0) is 11.3 Å². The summed E-state index contributed by atoms with van der Waals surface area (Å²) in [4.78, 5) is 12.8. The SMILES string of the molecule is Cc1ccc(NC(=O)C(C)Sc2nnc(-c3ccc(F)cc3)n2Cc2ccccc2)cc1. The lowest BCUT2D eigenvalue weighted by Crippen LogP contribution is -2.23. The van der Waals surface area contributed by atoms with Gasteiger partial charge in [-0.2, -0.15) is 0 Å². The molecule has 7 heteroatoms. The fourth-order valence-corrected chi connectivity index (χ4v) is 4.04. The van der Waals surface area contributed by atoms with Crippen LogP contribution in [0.2, 0.25) is 0 Å². The summed E-state index contributed by atoms with van der Waals surface area (Å²) in [5.41, 5.74) is 3.73. The zero-order chi connectivity index (χ0) is 22.5. The molecule has 0 bridgehead atoms. The predicted molar refractivity (Wildman–Crippen MR) is 126 cm³/mol. The largest absolute Gasteiger partial charge is 0.325 e. The predicted octanol–water partition coefficient (Wildman–Crippen LogP) is 5.56. The molecule has 0 aliphatic heterocycles. The van der Waals surface area contributed by atoms with Gasteiger partial charge in [-0.3, -0.25) is 9.36 Å². The van der Waals surface area contributed by atoms with Crippen LogP contribution in [0.5, 0.6) is 0 Å². The van der Waals surface area contributed by atoms with Crippen molar-refractivity contribution in [2.75, 3.05) is 5.32 Å². The van der Waals surface area contributed by atoms with Crippen molar-refractivity contribution < 1.29 is 9.18 Å². The normalized spacial score (nSPS) is 11.8. The number of carbonyl (C=O) groups is 1. The first-order valence-electron chi connectivity index (χ1n) is 10.3. The molecule has 3 aromatic carbocycles. The van der Waals surface area contributed by atoms with Gasteiger partial charge in [-0.1, -0.05) is 59.8 Å². The molecule has 1 heterocycles. The fourth-order valence-electron chi connectivity index (χ4n) is 3.19. The molecule has 0 radical (unpaired) electrons. The Balaban J connectivity index is 1.58. The van der Waals surface area contributed by atoms with Crippen molar-refractivity contribution in [2.24, 2.45) is 0 Å². The lowest BCUT2D eigenvalue weighted by Gasteiger charge is -2.14. The van der Waals surface area contributed by atoms with Crippen LogP contribution < -0.4 is 5.32 Å². The second kappa shape index (κ2) is 9.78. The van der Waals surface area contributed by atoms with Crippen molar-refractivity contribution >= 4 is 23.4 Å². The number of thioether (sulfide) groups is 1. The third-order valence-corrected chi connectivity index (χ3v) is 6.05. The van der Waals surface area contributed by atoms with Gasteiger partial charge >= 0.3 is 0 Å². The Bertz CT molecular complexity index is 1190. The van der Waals surface area contributed by atoms with E-state index in [4.69, 9.17) is 0 Å². The number of benzene rings is 3. The van der Waals surface area contributed by atoms with Crippen LogP contribution in [-0.4, -0.2) is 25.9 Å². The van der Waals surface area contributed by atoms with Gasteiger partial charge in [0.15, 0.2) is 11.0 Å². The Kier molecular flexibility index (Phi) is 6.66. The highest BCUT2D eigenvalue weighted by atomic mass is 32.2. The van der Waals surface area contributed by atoms with Crippen molar-refractivity contribution in [2.45, 2.75) is 30.8 Å². The molecule has 0 aliphatic carbocycles. The Hall–Kier alpha value is -3.45. The van der Waals surface area contributed by atoms with Gasteiger partial charge in [0.05, 0.1) is 11.8 Å². The van der Waals surface area contributed by atoms with E-state index in [1.54, 1.807) is 12.1 Å². The van der Waals surface area contributed by atoms with Crippen molar-refractivity contribution in [1.29, 1.82) is 0 Å². The number of hydrogen-bond donors (Lipinski definition) is 1. The maximum Gasteiger partial charge on any atom is 0.237 e. The Labute approximate surface area is 190 Å². The summed E-state index contributed by atoms with van der Waals surface area (Å²) in [6, 6.07) is 23.8. The van der Waals surface area contributed by atoms with E-state index in [0.717, 1.165) is 22.4 Å². The topological polar surface area (TPSA) is 59.8 Å². The van der Waals surface area contributed by atoms with Crippen LogP contribution in [0.3, 0.4) is 0 Å². The van der Waals surface area contributed by atoms with Crippen molar-refractivity contribution in [3.63, 3.8) is 0 Å². The highest BCUT2D eigenvalue weighted by Crippen LogP contribution is 2.28. The number of halogens is 1. The second-order valence-corrected chi connectivity index (χ2v) is 8.81. The van der Waals surface area contributed by atoms with Gasteiger partial charge < -0.3 is 5.32 Å². The molecule has 0 saturated heterocycles. The molecular formula is C25H23FN4OS. The van der Waals surface area contributed by atoms with E-state index in [0.29, 0.717) is 17.5 Å². The van der Waals surface area contributed by atoms with Gasteiger partial charge in [-0.15, -0.1) is 10.2 Å². The summed E-state index contributed by atoms with van der Waals surface area (Å²) < 4.78 is 15.4. The average Bonchev–Trinajstić information content (AvgIpc) is 3.18. The molecule has 5 nitrogen and oxygen atoms in total. The van der Waals surface area contributed by atoms with E-state index in [1.807, 2.05) is 73.0 Å². The van der Waals surface area contributed by atoms with Gasteiger partial charge in [-0.25, -0.2) is 4.39 Å². The zero-order valence-electron chi connectivity index (χ0n) is 17.8. The van der Waals surface area contributed by atoms with Crippen LogP contribution in [0.1, 0.15) is 18.1 Å². The number of aryl methyl sites for hydroxylation is 1. The van der Waals surface area contributed by atoms with Crippen LogP contribution >= 0.6 is 11.8 Å². The fraction of sp³-hybridized carbons (Fsp3) is 0.160. The minimum absolute atomic E-state index is 0.114. The van der Waals surface area contributed by atoms with Crippen LogP contribution in [0.25, 0.3) is 11.4 Å². The van der Waals surface area contributed by atoms with Crippen LogP contribution in [0, 0.1) is 12.7 Å². The number of anilines is 1. The Morgan fingerprint density at radius 2 is 1.69 bits per heavy atom. The summed E-state index contributed by atoms with van der Waals surface area (Å²) in [6.45, 7) is 4.38. The molecule has 0 spiro atoms. The molecule has 1 aromatic heterocycles. The second-order valence-electron chi connectivity index (χ2n) is 7.50. The molecule has 162 valence electrons. The summed E-state index contributed by atoms with van der Waals surface area (Å²) in [7, 11) is 0. The third-order valence-electron chi connectivity index (χ3n) is 4.97. The molecule has 32 heavy (non-hydrogen) atoms. The molecule has 4 aromatic rings. The minimum atomic E-state index is -0.393. The molecule has 1 N–H and O–H groups in total. The number of nitrogens with one attached hydrogen (secondary N) is 1. The number of carbonyl (C=O) groups excluding carboxylic acids is 1. The standard InChI is InChI=1S/C25H23FN4OS/c1-17-8-14-22(15-9-17)27-24(31)18(2)32-25-29-28-23(20-10-12-21(26)13-11-20)30(25)16-19-6-4-3-5-7-19/h3-15,18H,16H2,1-2H3,(H,27,31). The number of amides is 1. The number of hydrogen-bond acceptors (Lipinski definition) is 4. The van der Waals surface area contributed by atoms with E-state index in [-0.39, 0.29) is 11.7 Å². The summed E-state index contributed by atoms with van der Waals surface area (Å²) in [5.74, 6) is 0.206. The van der Waals surface area contributed by atoms with Crippen LogP contribution in [0.4, 0.5) is 10.1 Å². The third kappa shape index (κ3) is 5.23. The number of nitrogens with zero attached hydrogens (tertiary/aromatic N) is 3. The summed E-state index contributed by atoms with van der Waals surface area (Å²) in [5, 5.41) is 11.9. The Morgan fingerprint density at radius 1 is 1.00 bits per heavy atom. The molecule has 0 fully saturated rings. The average molecular weight is 447 g/mol. The minimum Gasteiger partial charge on any atom is -0.325 e. The van der Waals surface area contributed by atoms with E-state index in [1.165, 1.54) is 23.9 Å². The molecule has 1 unspecified atom stereocenters. The lowest BCUT2D eigenvalue weighted by atomic mass is 10.2. The maximum absolute atomic E-state index is 13.4. The van der Waals surface area contributed by atoms with Gasteiger partial charge in [-0.05, 0) is 55.8 Å². The first-order valence-corrected chi connectivity index (χ1v) is 11.1. The first-order chi connectivity index (χ1) is 15.5. The van der Waals surface area contributed by atoms with Crippen molar-refractivity contribution in [1.82, 2.24) is 14.8 Å². The Morgan fingerprint density at radius 3 is 2.38 bits per heavy atom. The molecule has 4 rings (SSSR count). The van der Waals surface area contributed by atoms with E-state index < -0.39 is 5.25 Å². The smallest absolute Gasteiger partial charge is 0.237 e. The highest BCUT2D eigenvalue weighted by molar-refractivity contribution is 8.00. The van der Waals surface area contributed by atoms with E-state index in [9.17, 15) is 9.18 Å². The summed E-state index contributed by atoms with van der Waals surface area (Å²) >= 11 is 1.34. The van der Waals surface area contributed by atoms with Gasteiger partial charge in [0.1, 0.15) is 5.82 Å². The highest BCUT2D eigenvalue weighted by Gasteiger charge is 2.21. The van der Waals surface area contributed by atoms with Gasteiger partial charge in [0, 0.05) is 11.3 Å². The monoisotopic (exact) mass is 446 g/mol. The zero-order valence-corrected chi connectivity index (χ0v) is 18.6. The van der Waals surface area contributed by atoms with E-state index >= 15 is 0 Å². The molecule has 0 aliphatic rings. The number of aromatic nitrogens is 3. The summed E-state index contributed by atoms with van der Waals surface area (Å²) in [6.07, 6.45) is 0. The maximum atomic E-state index is 13.4. The van der Waals surface area contributed by atoms with Gasteiger partial charge in [0.2, 0.25) is 5.91 Å². The van der Waals surface area contributed by atoms with Gasteiger partial charge in [0.25, 0.3) is 0 Å². The lowest BCUT2D eigenvalue weighted by molar-refractivity contribution is -0.115. The first kappa shape index (κ1) is 21.8. The molecule has 1 amide bonds. The van der Waals surface area contributed by atoms with E-state index in [2.05, 4.69) is 15.5 Å². The van der Waals surface area contributed by atoms with Crippen LogP contribution in [0.15, 0.2) is 84.0 Å². The number of rotatable bonds is 7. The molecule has 1 atom stereocenters. The van der Waals surface area contributed by atoms with Crippen molar-refractivity contribution in [3.8, 4) is 11.4 Å². The molecule has 0 saturated carbocycles. The van der Waals surface area contributed by atoms with Crippen molar-refractivity contribution in [3.05, 3.63) is 95.8 Å². The molecular weight excluding hydrogens is 423 g/mol. The quantitative estimate of drug-likeness (QED) is 0.378.